The van der Waals surface area contributed by atoms with Crippen LogP contribution < -0.4 is 14.8 Å². The summed E-state index contributed by atoms with van der Waals surface area (Å²) in [7, 11) is 0. The number of carbonyl (C=O) groups is 1. The van der Waals surface area contributed by atoms with E-state index in [1.165, 1.54) is 12.8 Å². The van der Waals surface area contributed by atoms with Gasteiger partial charge >= 0.3 is 0 Å². The fourth-order valence-corrected chi connectivity index (χ4v) is 3.05. The minimum absolute atomic E-state index is 0.0130. The Kier molecular flexibility index (Phi) is 5.96. The molecule has 4 nitrogen and oxygen atoms in total. The normalized spacial score (nSPS) is 14.4. The fraction of sp³-hybridized carbons (Fsp3) is 0.316. The molecule has 1 saturated carbocycles. The standard InChI is InChI=1S/C19H20INO3/c20-14-5-9-16(10-6-14)23-13-19(22)21-15-7-11-18(12-8-15)24-17-3-1-2-4-17/h5-12,17H,1-4,13H2,(H,21,22). The van der Waals surface area contributed by atoms with Gasteiger partial charge in [0.15, 0.2) is 6.61 Å². The van der Waals surface area contributed by atoms with Crippen LogP contribution in [0.15, 0.2) is 48.5 Å². The van der Waals surface area contributed by atoms with Gasteiger partial charge in [0.2, 0.25) is 0 Å². The van der Waals surface area contributed by atoms with Crippen molar-refractivity contribution in [3.63, 3.8) is 0 Å². The number of rotatable bonds is 6. The summed E-state index contributed by atoms with van der Waals surface area (Å²) in [5.74, 6) is 1.36. The number of amides is 1. The maximum atomic E-state index is 11.9. The lowest BCUT2D eigenvalue weighted by Gasteiger charge is -2.13. The second-order valence-electron chi connectivity index (χ2n) is 5.84. The van der Waals surface area contributed by atoms with E-state index in [9.17, 15) is 4.79 Å². The van der Waals surface area contributed by atoms with Crippen LogP contribution >= 0.6 is 22.6 Å². The zero-order valence-corrected chi connectivity index (χ0v) is 15.5. The molecule has 0 bridgehead atoms. The monoisotopic (exact) mass is 437 g/mol. The fourth-order valence-electron chi connectivity index (χ4n) is 2.69. The molecule has 3 rings (SSSR count). The highest BCUT2D eigenvalue weighted by Gasteiger charge is 2.16. The van der Waals surface area contributed by atoms with E-state index in [-0.39, 0.29) is 12.5 Å². The molecule has 126 valence electrons. The maximum absolute atomic E-state index is 11.9. The van der Waals surface area contributed by atoms with Gasteiger partial charge in [-0.1, -0.05) is 0 Å². The van der Waals surface area contributed by atoms with Gasteiger partial charge < -0.3 is 14.8 Å². The van der Waals surface area contributed by atoms with E-state index >= 15 is 0 Å². The molecular weight excluding hydrogens is 417 g/mol. The molecule has 0 heterocycles. The Morgan fingerprint density at radius 3 is 2.29 bits per heavy atom. The van der Waals surface area contributed by atoms with E-state index in [1.54, 1.807) is 0 Å². The largest absolute Gasteiger partial charge is 0.490 e. The van der Waals surface area contributed by atoms with Crippen LogP contribution in [0.2, 0.25) is 0 Å². The second kappa shape index (κ2) is 8.37. The second-order valence-corrected chi connectivity index (χ2v) is 7.09. The Morgan fingerprint density at radius 2 is 1.62 bits per heavy atom. The number of hydrogen-bond acceptors (Lipinski definition) is 3. The van der Waals surface area contributed by atoms with Crippen molar-refractivity contribution in [1.29, 1.82) is 0 Å². The molecule has 0 atom stereocenters. The topological polar surface area (TPSA) is 47.6 Å². The Labute approximate surface area is 155 Å². The molecule has 5 heteroatoms. The number of carbonyl (C=O) groups excluding carboxylic acids is 1. The van der Waals surface area contributed by atoms with Crippen LogP contribution in [0, 0.1) is 3.57 Å². The van der Waals surface area contributed by atoms with Crippen LogP contribution in [-0.4, -0.2) is 18.6 Å². The van der Waals surface area contributed by atoms with Crippen molar-refractivity contribution in [3.05, 3.63) is 52.1 Å². The Hall–Kier alpha value is -1.76. The van der Waals surface area contributed by atoms with Gasteiger partial charge in [-0.3, -0.25) is 4.79 Å². The number of anilines is 1. The lowest BCUT2D eigenvalue weighted by atomic mass is 10.2. The third-order valence-corrected chi connectivity index (χ3v) is 4.65. The van der Waals surface area contributed by atoms with Crippen LogP contribution in [0.1, 0.15) is 25.7 Å². The molecule has 0 radical (unpaired) electrons. The molecule has 0 aliphatic heterocycles. The summed E-state index contributed by atoms with van der Waals surface area (Å²) >= 11 is 2.23. The van der Waals surface area contributed by atoms with Crippen LogP contribution in [0.4, 0.5) is 5.69 Å². The van der Waals surface area contributed by atoms with Crippen molar-refractivity contribution in [1.82, 2.24) is 0 Å². The van der Waals surface area contributed by atoms with Gasteiger partial charge in [-0.15, -0.1) is 0 Å². The average Bonchev–Trinajstić information content (AvgIpc) is 3.09. The summed E-state index contributed by atoms with van der Waals surface area (Å²) < 4.78 is 12.5. The lowest BCUT2D eigenvalue weighted by molar-refractivity contribution is -0.118. The SMILES string of the molecule is O=C(COc1ccc(I)cc1)Nc1ccc(OC2CCCC2)cc1. The summed E-state index contributed by atoms with van der Waals surface area (Å²) in [6, 6.07) is 15.1. The van der Waals surface area contributed by atoms with E-state index in [0.29, 0.717) is 11.9 Å². The number of halogens is 1. The zero-order chi connectivity index (χ0) is 16.8. The van der Waals surface area contributed by atoms with Crippen molar-refractivity contribution in [2.24, 2.45) is 0 Å². The van der Waals surface area contributed by atoms with Crippen LogP contribution in [-0.2, 0) is 4.79 Å². The molecule has 24 heavy (non-hydrogen) atoms. The van der Waals surface area contributed by atoms with Crippen LogP contribution in [0.5, 0.6) is 11.5 Å². The van der Waals surface area contributed by atoms with E-state index in [1.807, 2.05) is 48.5 Å². The molecule has 0 saturated heterocycles. The summed E-state index contributed by atoms with van der Waals surface area (Å²) in [5.41, 5.74) is 0.741. The van der Waals surface area contributed by atoms with Crippen molar-refractivity contribution in [2.45, 2.75) is 31.8 Å². The minimum atomic E-state index is -0.182. The van der Waals surface area contributed by atoms with Crippen molar-refractivity contribution in [2.75, 3.05) is 11.9 Å². The molecule has 0 unspecified atom stereocenters. The number of nitrogens with one attached hydrogen (secondary N) is 1. The lowest BCUT2D eigenvalue weighted by Crippen LogP contribution is -2.20. The van der Waals surface area contributed by atoms with Crippen molar-refractivity contribution < 1.29 is 14.3 Å². The summed E-state index contributed by atoms with van der Waals surface area (Å²) in [6.45, 7) is -0.0130. The van der Waals surface area contributed by atoms with E-state index in [4.69, 9.17) is 9.47 Å². The summed E-state index contributed by atoms with van der Waals surface area (Å²) in [6.07, 6.45) is 5.11. The highest BCUT2D eigenvalue weighted by molar-refractivity contribution is 14.1. The molecule has 1 fully saturated rings. The van der Waals surface area contributed by atoms with Gasteiger partial charge in [-0.25, -0.2) is 0 Å². The molecule has 0 spiro atoms. The first kappa shape index (κ1) is 17.1. The number of benzene rings is 2. The Morgan fingerprint density at radius 1 is 1.00 bits per heavy atom. The quantitative estimate of drug-likeness (QED) is 0.671. The van der Waals surface area contributed by atoms with Crippen LogP contribution in [0.25, 0.3) is 0 Å². The van der Waals surface area contributed by atoms with Gasteiger partial charge in [-0.2, -0.15) is 0 Å². The first-order valence-corrected chi connectivity index (χ1v) is 9.22. The van der Waals surface area contributed by atoms with Crippen molar-refractivity contribution in [3.8, 4) is 11.5 Å². The molecule has 2 aromatic carbocycles. The van der Waals surface area contributed by atoms with E-state index < -0.39 is 0 Å². The minimum Gasteiger partial charge on any atom is -0.490 e. The van der Waals surface area contributed by atoms with Gasteiger partial charge in [0.25, 0.3) is 5.91 Å². The van der Waals surface area contributed by atoms with Crippen molar-refractivity contribution >= 4 is 34.2 Å². The first-order valence-electron chi connectivity index (χ1n) is 8.14. The van der Waals surface area contributed by atoms with E-state index in [0.717, 1.165) is 27.8 Å². The smallest absolute Gasteiger partial charge is 0.262 e. The molecule has 2 aromatic rings. The van der Waals surface area contributed by atoms with Crippen LogP contribution in [0.3, 0.4) is 0 Å². The van der Waals surface area contributed by atoms with Gasteiger partial charge in [-0.05, 0) is 96.8 Å². The van der Waals surface area contributed by atoms with Gasteiger partial charge in [0.05, 0.1) is 6.10 Å². The maximum Gasteiger partial charge on any atom is 0.262 e. The number of hydrogen-bond donors (Lipinski definition) is 1. The first-order chi connectivity index (χ1) is 11.7. The van der Waals surface area contributed by atoms with E-state index in [2.05, 4.69) is 27.9 Å². The number of ether oxygens (including phenoxy) is 2. The average molecular weight is 437 g/mol. The molecule has 1 aliphatic rings. The molecule has 0 aromatic heterocycles. The third kappa shape index (κ3) is 5.12. The van der Waals surface area contributed by atoms with Gasteiger partial charge in [0.1, 0.15) is 11.5 Å². The predicted molar refractivity (Wildman–Crippen MR) is 103 cm³/mol. The highest BCUT2D eigenvalue weighted by atomic mass is 127. The van der Waals surface area contributed by atoms with Gasteiger partial charge in [0, 0.05) is 9.26 Å². The summed E-state index contributed by atoms with van der Waals surface area (Å²) in [5, 5.41) is 2.82. The molecular formula is C19H20INO3. The molecule has 1 aliphatic carbocycles. The Bertz CT molecular complexity index is 664. The molecule has 1 N–H and O–H groups in total. The summed E-state index contributed by atoms with van der Waals surface area (Å²) in [4.78, 5) is 11.9. The predicted octanol–water partition coefficient (Wildman–Crippen LogP) is 4.63. The highest BCUT2D eigenvalue weighted by Crippen LogP contribution is 2.25. The third-order valence-electron chi connectivity index (χ3n) is 3.93. The zero-order valence-electron chi connectivity index (χ0n) is 13.3. The Balaban J connectivity index is 1.46. The molecule has 1 amide bonds.